The van der Waals surface area contributed by atoms with Gasteiger partial charge in [0, 0.05) is 4.88 Å². The minimum absolute atomic E-state index is 0.271. The van der Waals surface area contributed by atoms with Gasteiger partial charge in [-0.2, -0.15) is 0 Å². The molecule has 0 aliphatic carbocycles. The van der Waals surface area contributed by atoms with Crippen LogP contribution in [0.2, 0.25) is 0 Å². The Morgan fingerprint density at radius 1 is 1.33 bits per heavy atom. The first-order valence-corrected chi connectivity index (χ1v) is 8.85. The average molecular weight is 352 g/mol. The molecule has 7 nitrogen and oxygen atoms in total. The number of hydrogen-bond donors (Lipinski definition) is 3. The van der Waals surface area contributed by atoms with Crippen LogP contribution in [0.5, 0.6) is 0 Å². The van der Waals surface area contributed by atoms with Crippen LogP contribution in [0.25, 0.3) is 0 Å². The van der Waals surface area contributed by atoms with Gasteiger partial charge in [0.1, 0.15) is 5.00 Å². The molecule has 8 heteroatoms. The van der Waals surface area contributed by atoms with Gasteiger partial charge in [0.05, 0.1) is 29.6 Å². The fourth-order valence-corrected chi connectivity index (χ4v) is 4.77. The maximum atomic E-state index is 12.7. The van der Waals surface area contributed by atoms with E-state index in [0.717, 1.165) is 17.7 Å². The van der Waals surface area contributed by atoms with E-state index in [0.29, 0.717) is 17.8 Å². The van der Waals surface area contributed by atoms with Crippen molar-refractivity contribution in [1.82, 2.24) is 0 Å². The van der Waals surface area contributed by atoms with E-state index < -0.39 is 35.7 Å². The summed E-state index contributed by atoms with van der Waals surface area (Å²) in [5, 5.41) is 12.5. The Bertz CT molecular complexity index is 686. The zero-order chi connectivity index (χ0) is 17.4. The van der Waals surface area contributed by atoms with Crippen molar-refractivity contribution in [1.29, 1.82) is 0 Å². The standard InChI is InChI=1S/C16H20N2O5S/c1-2-3-7-6-8(13(17)19)15(24-7)18-14(20)11-9-4-5-10(23-9)12(11)16(21)22/h6,9-12H,2-5H2,1H3,(H2,17,19)(H,18,20)(H,21,22)/t9-,10+,11-,12+/m1/s1. The Morgan fingerprint density at radius 2 is 2.00 bits per heavy atom. The zero-order valence-electron chi connectivity index (χ0n) is 13.3. The van der Waals surface area contributed by atoms with E-state index in [1.165, 1.54) is 11.3 Å². The van der Waals surface area contributed by atoms with Gasteiger partial charge in [-0.1, -0.05) is 13.3 Å². The minimum atomic E-state index is -1.02. The van der Waals surface area contributed by atoms with Crippen molar-refractivity contribution >= 4 is 34.1 Å². The quantitative estimate of drug-likeness (QED) is 0.719. The van der Waals surface area contributed by atoms with Gasteiger partial charge in [0.15, 0.2) is 0 Å². The van der Waals surface area contributed by atoms with Crippen LogP contribution in [-0.2, 0) is 20.7 Å². The number of carbonyl (C=O) groups excluding carboxylic acids is 2. The lowest BCUT2D eigenvalue weighted by atomic mass is 9.79. The Morgan fingerprint density at radius 3 is 2.58 bits per heavy atom. The largest absolute Gasteiger partial charge is 0.481 e. The van der Waals surface area contributed by atoms with Crippen LogP contribution in [0.15, 0.2) is 6.07 Å². The molecule has 4 atom stereocenters. The average Bonchev–Trinajstić information content (AvgIpc) is 3.20. The van der Waals surface area contributed by atoms with Crippen molar-refractivity contribution in [2.75, 3.05) is 5.32 Å². The number of fused-ring (bicyclic) bond motifs is 2. The van der Waals surface area contributed by atoms with E-state index in [-0.39, 0.29) is 11.7 Å². The molecule has 2 fully saturated rings. The Balaban J connectivity index is 1.82. The summed E-state index contributed by atoms with van der Waals surface area (Å²) < 4.78 is 5.61. The molecule has 1 aromatic heterocycles. The molecule has 2 aliphatic rings. The molecule has 2 saturated heterocycles. The van der Waals surface area contributed by atoms with Crippen molar-refractivity contribution in [3.63, 3.8) is 0 Å². The van der Waals surface area contributed by atoms with Gasteiger partial charge in [0.25, 0.3) is 5.91 Å². The van der Waals surface area contributed by atoms with Crippen molar-refractivity contribution in [2.45, 2.75) is 44.8 Å². The van der Waals surface area contributed by atoms with Crippen molar-refractivity contribution in [3.8, 4) is 0 Å². The molecule has 0 saturated carbocycles. The molecule has 2 amide bonds. The minimum Gasteiger partial charge on any atom is -0.481 e. The second-order valence-electron chi connectivity index (χ2n) is 6.24. The topological polar surface area (TPSA) is 119 Å². The van der Waals surface area contributed by atoms with Gasteiger partial charge in [0.2, 0.25) is 5.91 Å². The van der Waals surface area contributed by atoms with Gasteiger partial charge in [-0.3, -0.25) is 14.4 Å². The molecule has 1 aromatic rings. The first-order valence-electron chi connectivity index (χ1n) is 8.04. The Hall–Kier alpha value is -1.93. The maximum absolute atomic E-state index is 12.7. The van der Waals surface area contributed by atoms with Crippen molar-refractivity contribution < 1.29 is 24.2 Å². The lowest BCUT2D eigenvalue weighted by molar-refractivity contribution is -0.147. The number of nitrogens with one attached hydrogen (secondary N) is 1. The SMILES string of the molecule is CCCc1cc(C(N)=O)c(NC(=O)[C@H]2[C@@H](C(=O)O)[C@@H]3CC[C@H]2O3)s1. The first kappa shape index (κ1) is 16.9. The number of anilines is 1. The van der Waals surface area contributed by atoms with E-state index in [4.69, 9.17) is 10.5 Å². The number of carbonyl (C=O) groups is 3. The lowest BCUT2D eigenvalue weighted by Gasteiger charge is -2.23. The highest BCUT2D eigenvalue weighted by Crippen LogP contribution is 2.44. The van der Waals surface area contributed by atoms with Gasteiger partial charge in [-0.25, -0.2) is 0 Å². The molecule has 3 heterocycles. The van der Waals surface area contributed by atoms with Crippen LogP contribution in [-0.4, -0.2) is 35.1 Å². The van der Waals surface area contributed by atoms with Gasteiger partial charge in [-0.15, -0.1) is 11.3 Å². The fourth-order valence-electron chi connectivity index (χ4n) is 3.61. The molecular weight excluding hydrogens is 332 g/mol. The number of aryl methyl sites for hydroxylation is 1. The molecular formula is C16H20N2O5S. The van der Waals surface area contributed by atoms with Crippen molar-refractivity contribution in [3.05, 3.63) is 16.5 Å². The van der Waals surface area contributed by atoms with E-state index in [2.05, 4.69) is 5.32 Å². The molecule has 130 valence electrons. The monoisotopic (exact) mass is 352 g/mol. The predicted molar refractivity (Wildman–Crippen MR) is 88.0 cm³/mol. The first-order chi connectivity index (χ1) is 11.4. The fraction of sp³-hybridized carbons (Fsp3) is 0.562. The summed E-state index contributed by atoms with van der Waals surface area (Å²) >= 11 is 1.31. The molecule has 2 bridgehead atoms. The van der Waals surface area contributed by atoms with E-state index >= 15 is 0 Å². The summed E-state index contributed by atoms with van der Waals surface area (Å²) in [5.74, 6) is -3.62. The van der Waals surface area contributed by atoms with Crippen LogP contribution in [0.4, 0.5) is 5.00 Å². The Kier molecular flexibility index (Phi) is 4.60. The van der Waals surface area contributed by atoms with Gasteiger partial charge in [-0.05, 0) is 25.3 Å². The highest BCUT2D eigenvalue weighted by molar-refractivity contribution is 7.16. The third-order valence-corrected chi connectivity index (χ3v) is 5.75. The van der Waals surface area contributed by atoms with Crippen molar-refractivity contribution in [2.24, 2.45) is 17.6 Å². The molecule has 0 radical (unpaired) electrons. The van der Waals surface area contributed by atoms with Crippen LogP contribution >= 0.6 is 11.3 Å². The summed E-state index contributed by atoms with van der Waals surface area (Å²) in [4.78, 5) is 36.7. The van der Waals surface area contributed by atoms with Crippen LogP contribution in [0.3, 0.4) is 0 Å². The predicted octanol–water partition coefficient (Wildman–Crippen LogP) is 1.62. The number of carboxylic acids is 1. The van der Waals surface area contributed by atoms with Crippen LogP contribution in [0, 0.1) is 11.8 Å². The molecule has 0 spiro atoms. The second kappa shape index (κ2) is 6.52. The third-order valence-electron chi connectivity index (χ3n) is 4.64. The number of aliphatic carboxylic acids is 1. The zero-order valence-corrected chi connectivity index (χ0v) is 14.1. The van der Waals surface area contributed by atoms with Crippen LogP contribution in [0.1, 0.15) is 41.4 Å². The van der Waals surface area contributed by atoms with E-state index in [1.807, 2.05) is 6.92 Å². The number of amides is 2. The second-order valence-corrected chi connectivity index (χ2v) is 7.38. The number of hydrogen-bond acceptors (Lipinski definition) is 5. The van der Waals surface area contributed by atoms with Gasteiger partial charge < -0.3 is 20.9 Å². The smallest absolute Gasteiger partial charge is 0.310 e. The summed E-state index contributed by atoms with van der Waals surface area (Å²) in [6.07, 6.45) is 2.27. The molecule has 3 rings (SSSR count). The summed E-state index contributed by atoms with van der Waals surface area (Å²) in [6.45, 7) is 2.02. The molecule has 4 N–H and O–H groups in total. The number of rotatable bonds is 6. The van der Waals surface area contributed by atoms with Crippen LogP contribution < -0.4 is 11.1 Å². The van der Waals surface area contributed by atoms with Gasteiger partial charge >= 0.3 is 5.97 Å². The summed E-state index contributed by atoms with van der Waals surface area (Å²) in [7, 11) is 0. The summed E-state index contributed by atoms with van der Waals surface area (Å²) in [5.41, 5.74) is 5.66. The lowest BCUT2D eigenvalue weighted by Crippen LogP contribution is -2.41. The molecule has 2 aliphatic heterocycles. The molecule has 24 heavy (non-hydrogen) atoms. The number of ether oxygens (including phenoxy) is 1. The number of nitrogens with two attached hydrogens (primary N) is 1. The Labute approximate surface area is 143 Å². The number of primary amides is 1. The summed E-state index contributed by atoms with van der Waals surface area (Å²) in [6, 6.07) is 1.69. The number of carboxylic acid groups (broad SMARTS) is 1. The highest BCUT2D eigenvalue weighted by atomic mass is 32.1. The molecule has 0 aromatic carbocycles. The van der Waals surface area contributed by atoms with E-state index in [9.17, 15) is 19.5 Å². The number of thiophene rings is 1. The van der Waals surface area contributed by atoms with E-state index in [1.54, 1.807) is 6.07 Å². The molecule has 0 unspecified atom stereocenters. The normalized spacial score (nSPS) is 28.0. The highest BCUT2D eigenvalue weighted by Gasteiger charge is 2.55. The third kappa shape index (κ3) is 2.91. The maximum Gasteiger partial charge on any atom is 0.310 e.